The summed E-state index contributed by atoms with van der Waals surface area (Å²) in [5.41, 5.74) is 19.5. The van der Waals surface area contributed by atoms with Gasteiger partial charge in [-0.2, -0.15) is 15.0 Å². The summed E-state index contributed by atoms with van der Waals surface area (Å²) in [5, 5.41) is 0. The normalized spacial score (nSPS) is 26.8. The summed E-state index contributed by atoms with van der Waals surface area (Å²) in [6.45, 7) is -0.770. The van der Waals surface area contributed by atoms with E-state index in [4.69, 9.17) is 78.5 Å². The number of aryl methyl sites for hydroxylation is 2. The topological polar surface area (TPSA) is 614 Å². The number of ether oxygens (including phenoxy) is 6. The minimum Gasteiger partial charge on any atom is -0.383 e. The molecule has 0 aliphatic carbocycles. The molecule has 13 rings (SSSR count). The van der Waals surface area contributed by atoms with Crippen molar-refractivity contribution in [2.75, 3.05) is 239 Å². The largest absolute Gasteiger partial charge is 0.383 e. The highest BCUT2D eigenvalue weighted by molar-refractivity contribution is 7.56. The fourth-order valence-electron chi connectivity index (χ4n) is 15.6. The molecule has 0 spiro atoms. The van der Waals surface area contributed by atoms with Gasteiger partial charge in [-0.15, -0.1) is 0 Å². The number of aromatic nitrogens is 14. The highest BCUT2D eigenvalue weighted by atomic mass is 31.2. The van der Waals surface area contributed by atoms with Crippen molar-refractivity contribution in [3.05, 3.63) is 146 Å². The van der Waals surface area contributed by atoms with Crippen LogP contribution in [0.15, 0.2) is 95.4 Å². The number of nitrogens with zero attached hydrogens (tertiary/aromatic N) is 24. The lowest BCUT2D eigenvalue weighted by Gasteiger charge is -2.46. The molecule has 132 heavy (non-hydrogen) atoms. The number of hydrogen-bond acceptors (Lipinski definition) is 36. The summed E-state index contributed by atoms with van der Waals surface area (Å²) in [6, 6.07) is 4.09. The fraction of sp³-hybridized carbons (Fsp3) is 0.648. The lowest BCUT2D eigenvalue weighted by atomic mass is 10.2. The number of likely N-dealkylation sites (N-methyl/N-ethyl adjacent to an activating group) is 1. The van der Waals surface area contributed by atoms with Crippen molar-refractivity contribution in [3.63, 3.8) is 0 Å². The molecule has 0 aromatic carbocycles. The summed E-state index contributed by atoms with van der Waals surface area (Å²) < 4.78 is 195. The van der Waals surface area contributed by atoms with Crippen LogP contribution in [0.25, 0.3) is 11.2 Å². The molecule has 6 aliphatic rings. The summed E-state index contributed by atoms with van der Waals surface area (Å²) >= 11 is 0. The van der Waals surface area contributed by atoms with Gasteiger partial charge in [-0.1, -0.05) is 0 Å². The van der Waals surface area contributed by atoms with Crippen LogP contribution < -0.4 is 62.5 Å². The van der Waals surface area contributed by atoms with Crippen LogP contribution in [-0.2, 0) is 83.0 Å². The number of hydrogen-bond donors (Lipinski definition) is 6. The third-order valence-corrected chi connectivity index (χ3v) is 37.5. The van der Waals surface area contributed by atoms with E-state index in [9.17, 15) is 38.1 Å². The van der Waals surface area contributed by atoms with E-state index in [1.54, 1.807) is 28.1 Å². The lowest BCUT2D eigenvalue weighted by Crippen LogP contribution is -2.52. The molecule has 13 heterocycles. The van der Waals surface area contributed by atoms with E-state index in [2.05, 4.69) is 39.9 Å². The standard InChI is InChI=1S/C71H116N30O25P6/c1-45-23-99(70(107)82-65(45)102)56-31-90(15)25-47(121-56)38-116-128(110,85(5)6)92-27-49(123-58(33-92)97-21-18-54(73)80-68(97)105)39-117-130(112,87(9)10)93-28-50(124-59(34-93)98-22-19-55(74)81-69(98)106)40-118-131(113,88(11)12)94-29-51(125-60(35-94)100-24-46(2)66(103)83-71(100)108)41-119-132(114,89(13)14)95-30-52(126-61(36-95)101-44-78-62-63(75)76-43-77-64(62)101)42-120-129(111,86(7)8)91-26-48(37-115-127(16,109)84(3)4)122-57(32-91)96-20-17-53(72)79-67(96)104/h17-24,43-44,47-52,56-61H,25-42H2,1-16H3,(H2,72,79,104)(H2,73,80,105)(H2,74,81,106)(H2,75,76,77)(H,82,102,107)(H,83,103,108)/t47-,48-,49-,50-,51-,52-,56+,57+,58+,59+,60?,61+,127?,128?,129?,130?,131?,132?/m0/s1. The quantitative estimate of drug-likeness (QED) is 0.0268. The molecule has 10 N–H and O–H groups in total. The second kappa shape index (κ2) is 41.2. The van der Waals surface area contributed by atoms with E-state index in [1.807, 2.05) is 4.90 Å². The number of morpholine rings is 6. The Morgan fingerprint density at radius 1 is 0.379 bits per heavy atom. The van der Waals surface area contributed by atoms with Crippen LogP contribution in [-0.4, -0.2) is 377 Å². The van der Waals surface area contributed by atoms with Crippen LogP contribution in [0, 0.1) is 13.8 Å². The van der Waals surface area contributed by atoms with Gasteiger partial charge in [0.25, 0.3) is 18.6 Å². The Morgan fingerprint density at radius 3 is 0.955 bits per heavy atom. The van der Waals surface area contributed by atoms with E-state index in [1.165, 1.54) is 206 Å². The predicted octanol–water partition coefficient (Wildman–Crippen LogP) is -0.698. The Hall–Kier alpha value is -7.83. The van der Waals surface area contributed by atoms with Gasteiger partial charge in [0.1, 0.15) is 35.5 Å². The SMILES string of the molecule is Cc1cn(C2CN(P(=O)(OC[C@@H]3CN(P(=O)(OC[C@@H]4CN(P(=O)(OC[C@@H]5CN(C)C[C@H](n6cc(C)c(=O)[nH]c6=O)O5)N(C)C)C[C@H](n5ccc(N)nc5=O)O4)N(C)C)C[C@H](n4ccc(N)nc4=O)O3)N(C)C)C[C@@H](COP(=O)(N(C)C)N3C[C@@H](COP(=O)(N(C)C)N4C[C@@H](COP(C)(=O)N(C)C)O[C@@H](n5ccc(N)nc5=O)C4)O[C@@H](n4cnc5c(N)ncnc54)C3)O2)c(=O)[nH]c1=O. The molecule has 7 unspecified atom stereocenters. The molecule has 6 saturated heterocycles. The molecule has 0 radical (unpaired) electrons. The molecule has 6 aliphatic heterocycles. The van der Waals surface area contributed by atoms with Crippen LogP contribution in [0.4, 0.5) is 23.3 Å². The van der Waals surface area contributed by atoms with Crippen molar-refractivity contribution in [1.29, 1.82) is 0 Å². The van der Waals surface area contributed by atoms with Crippen molar-refractivity contribution in [3.8, 4) is 0 Å². The first-order valence-corrected chi connectivity index (χ1v) is 51.3. The van der Waals surface area contributed by atoms with Gasteiger partial charge < -0.3 is 78.5 Å². The van der Waals surface area contributed by atoms with Gasteiger partial charge >= 0.3 is 66.8 Å². The van der Waals surface area contributed by atoms with Crippen molar-refractivity contribution < 1.29 is 83.0 Å². The molecular formula is C71H116N30O25P6. The van der Waals surface area contributed by atoms with Crippen molar-refractivity contribution in [2.24, 2.45) is 0 Å². The highest BCUT2D eigenvalue weighted by Crippen LogP contribution is 2.61. The Kier molecular flexibility index (Phi) is 31.7. The van der Waals surface area contributed by atoms with Crippen LogP contribution in [0.5, 0.6) is 0 Å². The number of nitrogens with one attached hydrogen (secondary N) is 2. The maximum Gasteiger partial charge on any atom is 0.351 e. The maximum absolute atomic E-state index is 16.5. The number of fused-ring (bicyclic) bond motifs is 1. The second-order valence-electron chi connectivity index (χ2n) is 33.6. The zero-order chi connectivity index (χ0) is 95.9. The summed E-state index contributed by atoms with van der Waals surface area (Å²) in [6.07, 6.45) is -4.68. The maximum atomic E-state index is 16.5. The third-order valence-electron chi connectivity index (χ3n) is 22.8. The van der Waals surface area contributed by atoms with Gasteiger partial charge in [0, 0.05) is 94.6 Å². The fourth-order valence-corrected chi connectivity index (χ4v) is 26.2. The number of nitrogen functional groups attached to an aromatic ring is 4. The van der Waals surface area contributed by atoms with E-state index >= 15 is 22.8 Å². The Morgan fingerprint density at radius 2 is 0.659 bits per heavy atom. The molecule has 0 saturated carbocycles. The predicted molar refractivity (Wildman–Crippen MR) is 479 cm³/mol. The van der Waals surface area contributed by atoms with Crippen LogP contribution in [0.1, 0.15) is 48.5 Å². The zero-order valence-electron chi connectivity index (χ0n) is 75.9. The third kappa shape index (κ3) is 22.2. The van der Waals surface area contributed by atoms with Gasteiger partial charge in [0.05, 0.1) is 115 Å². The molecule has 55 nitrogen and oxygen atoms in total. The molecule has 7 aromatic heterocycles. The smallest absolute Gasteiger partial charge is 0.351 e. The second-order valence-corrected chi connectivity index (χ2v) is 49.3. The number of H-pyrrole nitrogens is 2. The van der Waals surface area contributed by atoms with E-state index in [0.717, 1.165) is 18.3 Å². The monoisotopic (exact) mass is 1970 g/mol. The molecule has 730 valence electrons. The number of rotatable bonds is 35. The number of anilines is 4. The van der Waals surface area contributed by atoms with Gasteiger partial charge in [0.2, 0.25) is 0 Å². The van der Waals surface area contributed by atoms with Gasteiger partial charge in [0.15, 0.2) is 42.6 Å². The van der Waals surface area contributed by atoms with Crippen LogP contribution in [0.2, 0.25) is 0 Å². The van der Waals surface area contributed by atoms with Gasteiger partial charge in [-0.25, -0.2) is 90.3 Å². The Labute approximate surface area is 756 Å². The van der Waals surface area contributed by atoms with E-state index < -0.39 is 192 Å². The van der Waals surface area contributed by atoms with Crippen molar-refractivity contribution >= 4 is 80.3 Å². The Bertz CT molecular complexity index is 6080. The first-order chi connectivity index (χ1) is 62.1. The molecular weight excluding hydrogens is 1860 g/mol. The van der Waals surface area contributed by atoms with Crippen LogP contribution >= 0.6 is 45.9 Å². The van der Waals surface area contributed by atoms with E-state index in [-0.39, 0.29) is 131 Å². The summed E-state index contributed by atoms with van der Waals surface area (Å²) in [7, 11) is -5.50. The number of nitrogens with two attached hydrogens (primary N) is 4. The van der Waals surface area contributed by atoms with Gasteiger partial charge in [-0.3, -0.25) is 79.2 Å². The van der Waals surface area contributed by atoms with Crippen LogP contribution in [0.3, 0.4) is 0 Å². The minimum atomic E-state index is -4.56. The molecule has 18 atom stereocenters. The summed E-state index contributed by atoms with van der Waals surface area (Å²) in [4.78, 5) is 125. The Balaban J connectivity index is 0.768. The molecule has 61 heteroatoms. The highest BCUT2D eigenvalue weighted by Gasteiger charge is 2.52. The van der Waals surface area contributed by atoms with Crippen molar-refractivity contribution in [2.45, 2.75) is 87.8 Å². The van der Waals surface area contributed by atoms with E-state index in [0.29, 0.717) is 0 Å². The number of imidazole rings is 1. The lowest BCUT2D eigenvalue weighted by molar-refractivity contribution is -0.135. The average Bonchev–Trinajstić information content (AvgIpc) is 1.20. The van der Waals surface area contributed by atoms with Crippen molar-refractivity contribution in [1.82, 2.24) is 124 Å². The summed E-state index contributed by atoms with van der Waals surface area (Å²) in [5.74, 6) is -0.269. The zero-order valence-corrected chi connectivity index (χ0v) is 81.2. The first-order valence-electron chi connectivity index (χ1n) is 41.6. The number of aromatic amines is 2. The molecule has 7 aromatic rings. The molecule has 6 fully saturated rings. The first kappa shape index (κ1) is 102. The molecule has 0 bridgehead atoms. The van der Waals surface area contributed by atoms with Gasteiger partial charge in [-0.05, 0) is 124 Å². The average molecular weight is 1980 g/mol. The minimum absolute atomic E-state index is 0.0327. The molecule has 0 amide bonds.